The highest BCUT2D eigenvalue weighted by Crippen LogP contribution is 2.25. The van der Waals surface area contributed by atoms with Crippen LogP contribution in [0.3, 0.4) is 0 Å². The van der Waals surface area contributed by atoms with Gasteiger partial charge in [-0.15, -0.1) is 0 Å². The van der Waals surface area contributed by atoms with Crippen LogP contribution in [0.5, 0.6) is 11.5 Å². The molecule has 2 rings (SSSR count). The summed E-state index contributed by atoms with van der Waals surface area (Å²) in [5.74, 6) is 1.93. The van der Waals surface area contributed by atoms with Crippen molar-refractivity contribution in [2.75, 3.05) is 13.2 Å². The lowest BCUT2D eigenvalue weighted by atomic mass is 10.1. The Morgan fingerprint density at radius 2 is 0.719 bits per heavy atom. The molecule has 0 radical (unpaired) electrons. The van der Waals surface area contributed by atoms with Gasteiger partial charge in [0.15, 0.2) is 0 Å². The molecular weight excluding hydrogens is 392 g/mol. The number of hydrogen-bond acceptors (Lipinski definition) is 2. The number of ether oxygens (including phenoxy) is 2. The van der Waals surface area contributed by atoms with E-state index in [2.05, 4.69) is 62.4 Å². The zero-order valence-electron chi connectivity index (χ0n) is 20.7. The third kappa shape index (κ3) is 11.6. The summed E-state index contributed by atoms with van der Waals surface area (Å²) < 4.78 is 11.8. The monoisotopic (exact) mass is 438 g/mol. The second-order valence-electron chi connectivity index (χ2n) is 8.99. The Morgan fingerprint density at radius 1 is 0.406 bits per heavy atom. The van der Waals surface area contributed by atoms with Crippen molar-refractivity contribution in [3.05, 3.63) is 48.5 Å². The van der Waals surface area contributed by atoms with Gasteiger partial charge in [0.25, 0.3) is 0 Å². The van der Waals surface area contributed by atoms with Crippen LogP contribution in [0, 0.1) is 0 Å². The van der Waals surface area contributed by atoms with Gasteiger partial charge in [-0.2, -0.15) is 0 Å². The molecule has 0 aliphatic heterocycles. The van der Waals surface area contributed by atoms with E-state index < -0.39 is 0 Å². The summed E-state index contributed by atoms with van der Waals surface area (Å²) in [7, 11) is 0. The van der Waals surface area contributed by atoms with E-state index in [0.29, 0.717) is 0 Å². The van der Waals surface area contributed by atoms with Crippen molar-refractivity contribution in [2.24, 2.45) is 0 Å². The van der Waals surface area contributed by atoms with Crippen LogP contribution in [-0.4, -0.2) is 13.2 Å². The Morgan fingerprint density at radius 3 is 1.06 bits per heavy atom. The van der Waals surface area contributed by atoms with E-state index in [1.54, 1.807) is 0 Å². The molecule has 0 unspecified atom stereocenters. The van der Waals surface area contributed by atoms with Crippen molar-refractivity contribution in [3.8, 4) is 22.6 Å². The molecule has 0 bridgehead atoms. The fourth-order valence-electron chi connectivity index (χ4n) is 3.99. The van der Waals surface area contributed by atoms with Gasteiger partial charge in [0.05, 0.1) is 13.2 Å². The molecule has 0 aliphatic rings. The van der Waals surface area contributed by atoms with Crippen LogP contribution in [0.2, 0.25) is 0 Å². The summed E-state index contributed by atoms with van der Waals surface area (Å²) in [6.07, 6.45) is 18.4. The van der Waals surface area contributed by atoms with E-state index in [1.807, 2.05) is 0 Å². The van der Waals surface area contributed by atoms with Crippen LogP contribution in [0.15, 0.2) is 48.5 Å². The summed E-state index contributed by atoms with van der Waals surface area (Å²) in [6.45, 7) is 6.16. The number of benzene rings is 2. The molecule has 0 amide bonds. The molecule has 178 valence electrons. The highest BCUT2D eigenvalue weighted by molar-refractivity contribution is 5.64. The van der Waals surface area contributed by atoms with E-state index in [-0.39, 0.29) is 0 Å². The van der Waals surface area contributed by atoms with E-state index in [4.69, 9.17) is 9.47 Å². The first-order valence-corrected chi connectivity index (χ1v) is 13.3. The molecule has 0 saturated carbocycles. The maximum Gasteiger partial charge on any atom is 0.119 e. The van der Waals surface area contributed by atoms with Gasteiger partial charge in [0, 0.05) is 0 Å². The highest BCUT2D eigenvalue weighted by atomic mass is 16.5. The van der Waals surface area contributed by atoms with Crippen LogP contribution in [0.4, 0.5) is 0 Å². The Kier molecular flexibility index (Phi) is 14.4. The van der Waals surface area contributed by atoms with Gasteiger partial charge in [0.2, 0.25) is 0 Å². The average Bonchev–Trinajstić information content (AvgIpc) is 2.83. The molecular formula is C30H46O2. The molecule has 0 aromatic heterocycles. The molecule has 2 aromatic carbocycles. The van der Waals surface area contributed by atoms with Gasteiger partial charge in [0.1, 0.15) is 11.5 Å². The SMILES string of the molecule is CCCCCCCCCCOc1ccc(-c2ccc(OCCCCCCCC)cc2)cc1. The van der Waals surface area contributed by atoms with Gasteiger partial charge in [-0.05, 0) is 48.2 Å². The third-order valence-corrected chi connectivity index (χ3v) is 6.08. The minimum absolute atomic E-state index is 0.816. The highest BCUT2D eigenvalue weighted by Gasteiger charge is 2.01. The molecule has 2 heteroatoms. The number of hydrogen-bond donors (Lipinski definition) is 0. The van der Waals surface area contributed by atoms with Crippen molar-refractivity contribution in [1.29, 1.82) is 0 Å². The summed E-state index contributed by atoms with van der Waals surface area (Å²) in [5, 5.41) is 0. The Balaban J connectivity index is 1.60. The third-order valence-electron chi connectivity index (χ3n) is 6.08. The maximum atomic E-state index is 5.93. The molecule has 0 spiro atoms. The molecule has 0 heterocycles. The van der Waals surface area contributed by atoms with Crippen molar-refractivity contribution >= 4 is 0 Å². The summed E-state index contributed by atoms with van der Waals surface area (Å²) in [4.78, 5) is 0. The maximum absolute atomic E-state index is 5.93. The van der Waals surface area contributed by atoms with E-state index in [0.717, 1.165) is 37.6 Å². The van der Waals surface area contributed by atoms with E-state index >= 15 is 0 Å². The normalized spacial score (nSPS) is 10.9. The van der Waals surface area contributed by atoms with Crippen LogP contribution in [0.1, 0.15) is 104 Å². The molecule has 2 nitrogen and oxygen atoms in total. The summed E-state index contributed by atoms with van der Waals surface area (Å²) in [6, 6.07) is 16.9. The summed E-state index contributed by atoms with van der Waals surface area (Å²) in [5.41, 5.74) is 2.43. The van der Waals surface area contributed by atoms with Crippen LogP contribution in [0.25, 0.3) is 11.1 Å². The van der Waals surface area contributed by atoms with E-state index in [9.17, 15) is 0 Å². The molecule has 0 saturated heterocycles. The molecule has 0 N–H and O–H groups in total. The Labute approximate surface area is 197 Å². The first-order valence-electron chi connectivity index (χ1n) is 13.3. The van der Waals surface area contributed by atoms with Crippen molar-refractivity contribution in [2.45, 2.75) is 104 Å². The predicted molar refractivity (Wildman–Crippen MR) is 139 cm³/mol. The average molecular weight is 439 g/mol. The van der Waals surface area contributed by atoms with Gasteiger partial charge < -0.3 is 9.47 Å². The molecule has 2 aromatic rings. The second-order valence-corrected chi connectivity index (χ2v) is 8.99. The van der Waals surface area contributed by atoms with Crippen molar-refractivity contribution in [3.63, 3.8) is 0 Å². The molecule has 0 fully saturated rings. The van der Waals surface area contributed by atoms with Crippen LogP contribution in [-0.2, 0) is 0 Å². The lowest BCUT2D eigenvalue weighted by Gasteiger charge is -2.09. The first kappa shape index (κ1) is 26.3. The van der Waals surface area contributed by atoms with Crippen molar-refractivity contribution in [1.82, 2.24) is 0 Å². The lowest BCUT2D eigenvalue weighted by Crippen LogP contribution is -1.97. The largest absolute Gasteiger partial charge is 0.494 e. The lowest BCUT2D eigenvalue weighted by molar-refractivity contribution is 0.304. The fourth-order valence-corrected chi connectivity index (χ4v) is 3.99. The number of unbranched alkanes of at least 4 members (excludes halogenated alkanes) is 12. The van der Waals surface area contributed by atoms with Gasteiger partial charge in [-0.25, -0.2) is 0 Å². The topological polar surface area (TPSA) is 18.5 Å². The zero-order chi connectivity index (χ0) is 22.7. The quantitative estimate of drug-likeness (QED) is 0.203. The number of rotatable bonds is 19. The summed E-state index contributed by atoms with van der Waals surface area (Å²) >= 11 is 0. The van der Waals surface area contributed by atoms with Crippen LogP contribution < -0.4 is 9.47 Å². The Bertz CT molecular complexity index is 675. The minimum atomic E-state index is 0.816. The zero-order valence-corrected chi connectivity index (χ0v) is 20.7. The second kappa shape index (κ2) is 17.6. The van der Waals surface area contributed by atoms with Gasteiger partial charge in [-0.1, -0.05) is 115 Å². The van der Waals surface area contributed by atoms with Crippen LogP contribution >= 0.6 is 0 Å². The minimum Gasteiger partial charge on any atom is -0.494 e. The van der Waals surface area contributed by atoms with E-state index in [1.165, 1.54) is 88.2 Å². The molecule has 0 aliphatic carbocycles. The molecule has 32 heavy (non-hydrogen) atoms. The van der Waals surface area contributed by atoms with Gasteiger partial charge in [-0.3, -0.25) is 0 Å². The fraction of sp³-hybridized carbons (Fsp3) is 0.600. The Hall–Kier alpha value is -1.96. The molecule has 0 atom stereocenters. The van der Waals surface area contributed by atoms with Gasteiger partial charge >= 0.3 is 0 Å². The van der Waals surface area contributed by atoms with Crippen molar-refractivity contribution < 1.29 is 9.47 Å². The standard InChI is InChI=1S/C30H46O2/c1-3-5-7-9-11-12-14-16-26-32-30-23-19-28(20-24-30)27-17-21-29(22-18-27)31-25-15-13-10-8-6-4-2/h17-24H,3-16,25-26H2,1-2H3. The predicted octanol–water partition coefficient (Wildman–Crippen LogP) is 9.61. The first-order chi connectivity index (χ1) is 15.8. The smallest absolute Gasteiger partial charge is 0.119 e.